The Hall–Kier alpha value is -0.710. The normalized spacial score (nSPS) is 9.18. The summed E-state index contributed by atoms with van der Waals surface area (Å²) in [6, 6.07) is 7.13. The molecule has 0 aliphatic rings. The standard InChI is InChI=1S/C8H5Cl2N/c9-4-6-1-2-7(5-11)8(10)3-6/h1-3H,4H2. The smallest absolute Gasteiger partial charge is 0.101 e. The van der Waals surface area contributed by atoms with E-state index in [2.05, 4.69) is 0 Å². The molecule has 0 aliphatic heterocycles. The first kappa shape index (κ1) is 8.39. The number of hydrogen-bond acceptors (Lipinski definition) is 1. The van der Waals surface area contributed by atoms with Gasteiger partial charge in [-0.05, 0) is 17.7 Å². The third-order valence-electron chi connectivity index (χ3n) is 1.31. The van der Waals surface area contributed by atoms with E-state index in [1.54, 1.807) is 18.2 Å². The van der Waals surface area contributed by atoms with Crippen LogP contribution in [0.5, 0.6) is 0 Å². The fourth-order valence-corrected chi connectivity index (χ4v) is 1.14. The molecular weight excluding hydrogens is 181 g/mol. The van der Waals surface area contributed by atoms with Gasteiger partial charge in [-0.25, -0.2) is 0 Å². The highest BCUT2D eigenvalue weighted by atomic mass is 35.5. The molecule has 0 atom stereocenters. The average molecular weight is 186 g/mol. The second-order valence-electron chi connectivity index (χ2n) is 2.06. The van der Waals surface area contributed by atoms with Crippen molar-refractivity contribution in [1.29, 1.82) is 5.26 Å². The number of hydrogen-bond donors (Lipinski definition) is 0. The molecule has 0 radical (unpaired) electrons. The summed E-state index contributed by atoms with van der Waals surface area (Å²) in [5.41, 5.74) is 1.41. The summed E-state index contributed by atoms with van der Waals surface area (Å²) in [5, 5.41) is 8.98. The van der Waals surface area contributed by atoms with Crippen LogP contribution in [0.2, 0.25) is 5.02 Å². The summed E-state index contributed by atoms with van der Waals surface area (Å²) < 4.78 is 0. The number of rotatable bonds is 1. The molecule has 56 valence electrons. The molecule has 0 spiro atoms. The summed E-state index contributed by atoms with van der Waals surface area (Å²) in [6.07, 6.45) is 0. The van der Waals surface area contributed by atoms with Crippen LogP contribution >= 0.6 is 23.2 Å². The second-order valence-corrected chi connectivity index (χ2v) is 2.73. The van der Waals surface area contributed by atoms with E-state index in [1.165, 1.54) is 0 Å². The molecule has 0 amide bonds. The van der Waals surface area contributed by atoms with Crippen LogP contribution in [0.25, 0.3) is 0 Å². The highest BCUT2D eigenvalue weighted by molar-refractivity contribution is 6.31. The Morgan fingerprint density at radius 3 is 2.64 bits per heavy atom. The zero-order valence-corrected chi connectivity index (χ0v) is 7.15. The summed E-state index contributed by atoms with van der Waals surface area (Å²) in [7, 11) is 0. The highest BCUT2D eigenvalue weighted by Gasteiger charge is 1.98. The molecule has 1 aromatic rings. The quantitative estimate of drug-likeness (QED) is 0.618. The predicted octanol–water partition coefficient (Wildman–Crippen LogP) is 2.95. The number of benzene rings is 1. The first-order chi connectivity index (χ1) is 5.27. The minimum absolute atomic E-state index is 0.422. The van der Waals surface area contributed by atoms with E-state index in [4.69, 9.17) is 28.5 Å². The topological polar surface area (TPSA) is 23.8 Å². The van der Waals surface area contributed by atoms with Gasteiger partial charge in [0.15, 0.2) is 0 Å². The molecule has 1 aromatic carbocycles. The van der Waals surface area contributed by atoms with Crippen LogP contribution in [-0.2, 0) is 5.88 Å². The maximum atomic E-state index is 8.51. The molecule has 11 heavy (non-hydrogen) atoms. The zero-order valence-electron chi connectivity index (χ0n) is 5.64. The molecule has 0 heterocycles. The molecular formula is C8H5Cl2N. The van der Waals surface area contributed by atoms with Crippen molar-refractivity contribution in [2.75, 3.05) is 0 Å². The van der Waals surface area contributed by atoms with Gasteiger partial charge in [-0.2, -0.15) is 5.26 Å². The van der Waals surface area contributed by atoms with Gasteiger partial charge in [-0.15, -0.1) is 11.6 Å². The number of alkyl halides is 1. The van der Waals surface area contributed by atoms with E-state index < -0.39 is 0 Å². The zero-order chi connectivity index (χ0) is 8.27. The highest BCUT2D eigenvalue weighted by Crippen LogP contribution is 2.17. The lowest BCUT2D eigenvalue weighted by molar-refractivity contribution is 1.38. The summed E-state index contributed by atoms with van der Waals surface area (Å²) in [4.78, 5) is 0. The Balaban J connectivity index is 3.12. The maximum Gasteiger partial charge on any atom is 0.101 e. The number of halogens is 2. The number of nitrogens with zero attached hydrogens (tertiary/aromatic N) is 1. The fourth-order valence-electron chi connectivity index (χ4n) is 0.732. The summed E-state index contributed by atoms with van der Waals surface area (Å²) in [5.74, 6) is 0.422. The van der Waals surface area contributed by atoms with Gasteiger partial charge >= 0.3 is 0 Å². The summed E-state index contributed by atoms with van der Waals surface area (Å²) in [6.45, 7) is 0. The Kier molecular flexibility index (Phi) is 2.76. The van der Waals surface area contributed by atoms with Crippen molar-refractivity contribution in [1.82, 2.24) is 0 Å². The predicted molar refractivity (Wildman–Crippen MR) is 45.7 cm³/mol. The van der Waals surface area contributed by atoms with Crippen molar-refractivity contribution < 1.29 is 0 Å². The monoisotopic (exact) mass is 185 g/mol. The lowest BCUT2D eigenvalue weighted by Crippen LogP contribution is -1.80. The molecule has 0 N–H and O–H groups in total. The van der Waals surface area contributed by atoms with E-state index in [0.29, 0.717) is 16.5 Å². The third-order valence-corrected chi connectivity index (χ3v) is 1.93. The van der Waals surface area contributed by atoms with Crippen LogP contribution in [0.1, 0.15) is 11.1 Å². The van der Waals surface area contributed by atoms with Gasteiger partial charge in [-0.1, -0.05) is 17.7 Å². The van der Waals surface area contributed by atoms with Gasteiger partial charge in [-0.3, -0.25) is 0 Å². The molecule has 0 saturated carbocycles. The molecule has 0 aromatic heterocycles. The van der Waals surface area contributed by atoms with E-state index in [9.17, 15) is 0 Å². The first-order valence-electron chi connectivity index (χ1n) is 3.02. The molecule has 3 heteroatoms. The molecule has 1 nitrogen and oxygen atoms in total. The van der Waals surface area contributed by atoms with Crippen LogP contribution in [0.4, 0.5) is 0 Å². The van der Waals surface area contributed by atoms with Crippen molar-refractivity contribution in [2.24, 2.45) is 0 Å². The van der Waals surface area contributed by atoms with Crippen molar-refractivity contribution in [3.05, 3.63) is 34.3 Å². The van der Waals surface area contributed by atoms with Gasteiger partial charge in [0.2, 0.25) is 0 Å². The van der Waals surface area contributed by atoms with Gasteiger partial charge < -0.3 is 0 Å². The molecule has 0 bridgehead atoms. The van der Waals surface area contributed by atoms with Gasteiger partial charge in [0.1, 0.15) is 6.07 Å². The first-order valence-corrected chi connectivity index (χ1v) is 3.93. The SMILES string of the molecule is N#Cc1ccc(CCl)cc1Cl. The minimum Gasteiger partial charge on any atom is -0.192 e. The molecule has 0 fully saturated rings. The van der Waals surface area contributed by atoms with E-state index >= 15 is 0 Å². The third kappa shape index (κ3) is 1.86. The van der Waals surface area contributed by atoms with Gasteiger partial charge in [0, 0.05) is 5.88 Å². The molecule has 1 rings (SSSR count). The molecule has 0 unspecified atom stereocenters. The van der Waals surface area contributed by atoms with Crippen molar-refractivity contribution in [3.63, 3.8) is 0 Å². The van der Waals surface area contributed by atoms with Gasteiger partial charge in [0.05, 0.1) is 10.6 Å². The second kappa shape index (κ2) is 3.61. The average Bonchev–Trinajstić information content (AvgIpc) is 2.04. The minimum atomic E-state index is 0.422. The van der Waals surface area contributed by atoms with E-state index in [0.717, 1.165) is 5.56 Å². The Morgan fingerprint density at radius 1 is 1.45 bits per heavy atom. The van der Waals surface area contributed by atoms with Crippen LogP contribution in [0, 0.1) is 11.3 Å². The lowest BCUT2D eigenvalue weighted by atomic mass is 10.2. The lowest BCUT2D eigenvalue weighted by Gasteiger charge is -1.96. The van der Waals surface area contributed by atoms with Crippen molar-refractivity contribution >= 4 is 23.2 Å². The molecule has 0 saturated heterocycles. The van der Waals surface area contributed by atoms with Crippen LogP contribution in [-0.4, -0.2) is 0 Å². The Bertz CT molecular complexity index is 301. The van der Waals surface area contributed by atoms with Crippen LogP contribution < -0.4 is 0 Å². The number of nitriles is 1. The van der Waals surface area contributed by atoms with E-state index in [1.807, 2.05) is 6.07 Å². The Labute approximate surface area is 75.2 Å². The van der Waals surface area contributed by atoms with Crippen molar-refractivity contribution in [3.8, 4) is 6.07 Å². The maximum absolute atomic E-state index is 8.51. The fraction of sp³-hybridized carbons (Fsp3) is 0.125. The van der Waals surface area contributed by atoms with Gasteiger partial charge in [0.25, 0.3) is 0 Å². The largest absolute Gasteiger partial charge is 0.192 e. The Morgan fingerprint density at radius 2 is 2.18 bits per heavy atom. The van der Waals surface area contributed by atoms with Crippen LogP contribution in [0.15, 0.2) is 18.2 Å². The van der Waals surface area contributed by atoms with E-state index in [-0.39, 0.29) is 0 Å². The summed E-state index contributed by atoms with van der Waals surface area (Å²) >= 11 is 11.3. The van der Waals surface area contributed by atoms with Crippen LogP contribution in [0.3, 0.4) is 0 Å². The van der Waals surface area contributed by atoms with Crippen molar-refractivity contribution in [2.45, 2.75) is 5.88 Å². The molecule has 0 aliphatic carbocycles.